The van der Waals surface area contributed by atoms with Crippen LogP contribution in [0.25, 0.3) is 112 Å². The summed E-state index contributed by atoms with van der Waals surface area (Å²) in [6.07, 6.45) is 35.6. The Balaban J connectivity index is 0.000000120. The number of benzene rings is 10. The highest BCUT2D eigenvalue weighted by atomic mass is 14.9. The maximum atomic E-state index is 2.42. The van der Waals surface area contributed by atoms with Gasteiger partial charge in [0.2, 0.25) is 28.5 Å². The van der Waals surface area contributed by atoms with E-state index in [4.69, 9.17) is 0 Å². The van der Waals surface area contributed by atoms with Crippen molar-refractivity contribution in [2.45, 2.75) is 188 Å². The van der Waals surface area contributed by atoms with Gasteiger partial charge in [-0.3, -0.25) is 0 Å². The predicted octanol–water partition coefficient (Wildman–Crippen LogP) is 28.8. The number of pyridine rings is 5. The van der Waals surface area contributed by atoms with E-state index >= 15 is 0 Å². The smallest absolute Gasteiger partial charge is 0.201 e. The van der Waals surface area contributed by atoms with E-state index in [-0.39, 0.29) is 0 Å². The van der Waals surface area contributed by atoms with Gasteiger partial charge in [-0.15, -0.1) is 0 Å². The summed E-state index contributed by atoms with van der Waals surface area (Å²) in [4.78, 5) is 0. The minimum atomic E-state index is 0.749. The molecular weight excluding hydrogens is 1500 g/mol. The quantitative estimate of drug-likeness (QED) is 0.0967. The van der Waals surface area contributed by atoms with Gasteiger partial charge < -0.3 is 0 Å². The molecule has 19 rings (SSSR count). The summed E-state index contributed by atoms with van der Waals surface area (Å²) in [5.74, 6) is 3.06. The molecule has 0 N–H and O–H groups in total. The Morgan fingerprint density at radius 1 is 0.177 bits per heavy atom. The van der Waals surface area contributed by atoms with Gasteiger partial charge >= 0.3 is 0 Å². The molecule has 0 saturated heterocycles. The molecule has 0 bridgehead atoms. The molecule has 4 fully saturated rings. The Labute approximate surface area is 742 Å². The molecule has 4 aliphatic rings. The van der Waals surface area contributed by atoms with Gasteiger partial charge in [0.05, 0.1) is 0 Å². The first kappa shape index (κ1) is 86.9. The van der Waals surface area contributed by atoms with Crippen molar-refractivity contribution in [3.05, 3.63) is 389 Å². The summed E-state index contributed by atoms with van der Waals surface area (Å²) in [7, 11) is 10.6. The fourth-order valence-corrected chi connectivity index (χ4v) is 19.8. The van der Waals surface area contributed by atoms with Crippen LogP contribution in [-0.4, -0.2) is 0 Å². The molecule has 0 spiro atoms. The third-order valence-corrected chi connectivity index (χ3v) is 27.1. The number of nitrogens with zero attached hydrogens (tertiary/aromatic N) is 5. The molecular formula is C119H130N5+5. The molecule has 5 heterocycles. The molecule has 124 heavy (non-hydrogen) atoms. The van der Waals surface area contributed by atoms with Gasteiger partial charge in [0.15, 0.2) is 31.0 Å². The maximum Gasteiger partial charge on any atom is 0.213 e. The van der Waals surface area contributed by atoms with Crippen LogP contribution in [0, 0.1) is 48.5 Å². The monoisotopic (exact) mass is 1630 g/mol. The van der Waals surface area contributed by atoms with E-state index in [2.05, 4.69) is 435 Å². The molecule has 5 heteroatoms. The van der Waals surface area contributed by atoms with Crippen molar-refractivity contribution in [3.8, 4) is 112 Å². The summed E-state index contributed by atoms with van der Waals surface area (Å²) < 4.78 is 11.0. The topological polar surface area (TPSA) is 19.4 Å². The van der Waals surface area contributed by atoms with Crippen molar-refractivity contribution in [1.29, 1.82) is 0 Å². The molecule has 4 aliphatic carbocycles. The van der Waals surface area contributed by atoms with E-state index in [1.165, 1.54) is 289 Å². The molecule has 5 aromatic heterocycles. The standard InChI is InChI=1S/2C25H28N.2C24H26N.C21H22N/c1-19-9-6-7-14-24(19)25-18-23(15-16-26(25)2)22-13-8-12-21(17-22)20-10-4-3-5-11-20;1-19-8-6-7-11-24(19)25-18-23(16-17-26(25)2)22-14-12-21(13-15-22)20-9-4-3-5-10-20;1-18-8-3-6-13-23(18)24-17-22(14-15-25(24)2)21-12-7-11-20(16-21)19-9-4-5-10-19;1-18-7-3-6-10-23(18)24-17-22(15-16-25(24)2)21-13-11-20(12-14-21)19-8-4-5-9-19;1-15-11-16(2)13-19(12-15)18-9-10-22(4)21(14-18)20-8-6-5-7-17(20)3/h6-9,12-18,20H,3-5,10-11H2,1-2H3;6-8,11-18,20H,3-5,9-10H2,1-2H3;3,6-8,11-17,19H,4-5,9-10H2,1-2H3;3,6-7,10-17,19H,4-5,8-9H2,1-2H3;5-14H,1-4H3/q5*+1. The van der Waals surface area contributed by atoms with Crippen LogP contribution in [0.1, 0.15) is 200 Å². The zero-order valence-electron chi connectivity index (χ0n) is 76.0. The first-order chi connectivity index (χ1) is 60.4. The van der Waals surface area contributed by atoms with Gasteiger partial charge in [-0.2, -0.15) is 0 Å². The van der Waals surface area contributed by atoms with Crippen LogP contribution in [0.4, 0.5) is 0 Å². The van der Waals surface area contributed by atoms with Crippen LogP contribution in [0.5, 0.6) is 0 Å². The van der Waals surface area contributed by atoms with E-state index < -0.39 is 0 Å². The van der Waals surface area contributed by atoms with Crippen molar-refractivity contribution in [3.63, 3.8) is 0 Å². The van der Waals surface area contributed by atoms with Gasteiger partial charge in [-0.25, -0.2) is 22.8 Å². The zero-order chi connectivity index (χ0) is 86.0. The Hall–Kier alpha value is -12.1. The summed E-state index contributed by atoms with van der Waals surface area (Å²) in [6, 6.07) is 109. The molecule has 10 aromatic carbocycles. The molecule has 4 saturated carbocycles. The molecule has 0 atom stereocenters. The van der Waals surface area contributed by atoms with Crippen LogP contribution in [-0.2, 0) is 35.2 Å². The van der Waals surface area contributed by atoms with Crippen molar-refractivity contribution < 1.29 is 22.8 Å². The second-order valence-electron chi connectivity index (χ2n) is 36.1. The van der Waals surface area contributed by atoms with E-state index in [1.807, 2.05) is 0 Å². The molecule has 0 aliphatic heterocycles. The summed E-state index contributed by atoms with van der Waals surface area (Å²) in [6.45, 7) is 15.2. The highest BCUT2D eigenvalue weighted by Gasteiger charge is 2.25. The van der Waals surface area contributed by atoms with Crippen LogP contribution < -0.4 is 22.8 Å². The Bertz CT molecular complexity index is 6100. The number of rotatable bonds is 14. The molecule has 0 radical (unpaired) electrons. The maximum absolute atomic E-state index is 2.42. The number of hydrogen-bond acceptors (Lipinski definition) is 0. The lowest BCUT2D eigenvalue weighted by atomic mass is 9.83. The highest BCUT2D eigenvalue weighted by molar-refractivity contribution is 5.76. The van der Waals surface area contributed by atoms with E-state index in [0.29, 0.717) is 0 Å². The van der Waals surface area contributed by atoms with Gasteiger partial charge in [0.25, 0.3) is 0 Å². The van der Waals surface area contributed by atoms with Gasteiger partial charge in [-0.05, 0) is 260 Å². The lowest BCUT2D eigenvalue weighted by Gasteiger charge is -2.22. The van der Waals surface area contributed by atoms with Crippen LogP contribution in [0.3, 0.4) is 0 Å². The normalized spacial score (nSPS) is 14.2. The van der Waals surface area contributed by atoms with Crippen LogP contribution in [0.2, 0.25) is 0 Å². The van der Waals surface area contributed by atoms with E-state index in [1.54, 1.807) is 0 Å². The number of hydrogen-bond donors (Lipinski definition) is 0. The first-order valence-corrected chi connectivity index (χ1v) is 46.2. The van der Waals surface area contributed by atoms with Gasteiger partial charge in [-0.1, -0.05) is 282 Å². The van der Waals surface area contributed by atoms with E-state index in [0.717, 1.165) is 23.7 Å². The second-order valence-corrected chi connectivity index (χ2v) is 36.1. The highest BCUT2D eigenvalue weighted by Crippen LogP contribution is 2.41. The first-order valence-electron chi connectivity index (χ1n) is 46.2. The van der Waals surface area contributed by atoms with Crippen molar-refractivity contribution in [1.82, 2.24) is 0 Å². The molecule has 0 unspecified atom stereocenters. The summed E-state index contributed by atoms with van der Waals surface area (Å²) in [5.41, 5.74) is 41.1. The second kappa shape index (κ2) is 41.4. The van der Waals surface area contributed by atoms with Crippen molar-refractivity contribution in [2.75, 3.05) is 0 Å². The van der Waals surface area contributed by atoms with Gasteiger partial charge in [0.1, 0.15) is 35.2 Å². The summed E-state index contributed by atoms with van der Waals surface area (Å²) in [5, 5.41) is 0. The molecule has 626 valence electrons. The Morgan fingerprint density at radius 3 is 0.669 bits per heavy atom. The number of aryl methyl sites for hydroxylation is 12. The average Bonchev–Trinajstić information content (AvgIpc) is 0.863. The lowest BCUT2D eigenvalue weighted by molar-refractivity contribution is -0.660. The van der Waals surface area contributed by atoms with Gasteiger partial charge in [0, 0.05) is 88.5 Å². The van der Waals surface area contributed by atoms with Crippen molar-refractivity contribution in [2.24, 2.45) is 35.2 Å². The lowest BCUT2D eigenvalue weighted by Crippen LogP contribution is -2.30. The Kier molecular flexibility index (Phi) is 29.0. The molecule has 5 nitrogen and oxygen atoms in total. The fourth-order valence-electron chi connectivity index (χ4n) is 19.8. The van der Waals surface area contributed by atoms with Crippen LogP contribution >= 0.6 is 0 Å². The largest absolute Gasteiger partial charge is 0.213 e. The average molecular weight is 1630 g/mol. The predicted molar refractivity (Wildman–Crippen MR) is 520 cm³/mol. The third-order valence-electron chi connectivity index (χ3n) is 27.1. The summed E-state index contributed by atoms with van der Waals surface area (Å²) >= 11 is 0. The minimum Gasteiger partial charge on any atom is -0.201 e. The minimum absolute atomic E-state index is 0.749. The molecule has 15 aromatic rings. The Morgan fingerprint density at radius 2 is 0.403 bits per heavy atom. The number of aromatic nitrogens is 5. The third kappa shape index (κ3) is 21.6. The van der Waals surface area contributed by atoms with E-state index in [9.17, 15) is 0 Å². The zero-order valence-corrected chi connectivity index (χ0v) is 76.0. The fraction of sp³-hybridized carbons (Fsp3) is 0.286. The SMILES string of the molecule is Cc1cc(C)cc(-c2cc[n+](C)c(-c3ccccc3C)c2)c1.Cc1ccccc1-c1cc(-c2ccc(C3CCCC3)cc2)cc[n+]1C.Cc1ccccc1-c1cc(-c2ccc(C3CCCCC3)cc2)cc[n+]1C.Cc1ccccc1-c1cc(-c2cccc(C3CCCC3)c2)cc[n+]1C.Cc1ccccc1-c1cc(-c2cccc(C3CCCCC3)c2)cc[n+]1C. The molecule has 0 amide bonds. The van der Waals surface area contributed by atoms with Crippen molar-refractivity contribution >= 4 is 0 Å². The van der Waals surface area contributed by atoms with Crippen LogP contribution in [0.15, 0.2) is 328 Å².